The monoisotopic (exact) mass is 603 g/mol. The van der Waals surface area contributed by atoms with E-state index in [9.17, 15) is 36.3 Å². The van der Waals surface area contributed by atoms with Crippen LogP contribution < -0.4 is 15.8 Å². The number of nitrogens with zero attached hydrogens (tertiary/aromatic N) is 5. The molecule has 16 heteroatoms. The highest BCUT2D eigenvalue weighted by molar-refractivity contribution is 6.06. The zero-order valence-corrected chi connectivity index (χ0v) is 22.2. The maximum Gasteiger partial charge on any atom is 0.573 e. The lowest BCUT2D eigenvalue weighted by atomic mass is 10.0. The van der Waals surface area contributed by atoms with Gasteiger partial charge in [0.2, 0.25) is 17.8 Å². The molecule has 0 unspecified atom stereocenters. The number of carbonyl (C=O) groups excluding carboxylic acids is 3. The maximum atomic E-state index is 14.6. The number of ketones is 1. The van der Waals surface area contributed by atoms with E-state index >= 15 is 0 Å². The zero-order valence-electron chi connectivity index (χ0n) is 22.2. The lowest BCUT2D eigenvalue weighted by molar-refractivity contribution is -0.275. The first-order valence-corrected chi connectivity index (χ1v) is 12.7. The molecule has 1 fully saturated rings. The van der Waals surface area contributed by atoms with E-state index in [0.29, 0.717) is 22.0 Å². The number of Topliss-reactive ketones (excluding diaryl/α,β-unsaturated/α-hetero) is 1. The van der Waals surface area contributed by atoms with Crippen molar-refractivity contribution in [2.45, 2.75) is 38.5 Å². The number of carbonyl (C=O) groups is 3. The summed E-state index contributed by atoms with van der Waals surface area (Å²) in [7, 11) is 0. The molecule has 2 aromatic carbocycles. The number of aromatic nitrogens is 4. The number of likely N-dealkylation sites (tertiary alicyclic amines) is 1. The number of nitrogen functional groups attached to an aromatic ring is 1. The summed E-state index contributed by atoms with van der Waals surface area (Å²) in [6, 6.07) is 6.32. The first-order valence-electron chi connectivity index (χ1n) is 12.7. The van der Waals surface area contributed by atoms with Crippen molar-refractivity contribution >= 4 is 40.1 Å². The number of hydrogen-bond acceptors (Lipinski definition) is 8. The van der Waals surface area contributed by atoms with Gasteiger partial charge in [0, 0.05) is 36.7 Å². The van der Waals surface area contributed by atoms with Crippen molar-refractivity contribution in [2.75, 3.05) is 17.6 Å². The number of alkyl halides is 4. The number of fused-ring (bicyclic) bond motifs is 1. The molecule has 2 amide bonds. The van der Waals surface area contributed by atoms with Crippen molar-refractivity contribution in [2.24, 2.45) is 0 Å². The minimum Gasteiger partial charge on any atom is -0.403 e. The Labute approximate surface area is 239 Å². The highest BCUT2D eigenvalue weighted by Gasteiger charge is 2.40. The number of nitrogens with one attached hydrogen (secondary N) is 1. The average Bonchev–Trinajstić information content (AvgIpc) is 3.51. The first-order chi connectivity index (χ1) is 20.3. The maximum absolute atomic E-state index is 14.6. The molecule has 5 rings (SSSR count). The van der Waals surface area contributed by atoms with E-state index in [1.165, 1.54) is 24.0 Å². The summed E-state index contributed by atoms with van der Waals surface area (Å²) in [5, 5.41) is 6.81. The molecule has 1 aliphatic rings. The summed E-state index contributed by atoms with van der Waals surface area (Å²) >= 11 is 0. The van der Waals surface area contributed by atoms with Gasteiger partial charge in [-0.2, -0.15) is 5.10 Å². The number of amides is 2. The fourth-order valence-electron chi connectivity index (χ4n) is 4.78. The molecule has 0 bridgehead atoms. The molecule has 0 aliphatic carbocycles. The third-order valence-corrected chi connectivity index (χ3v) is 6.69. The van der Waals surface area contributed by atoms with Crippen molar-refractivity contribution in [1.29, 1.82) is 0 Å². The predicted octanol–water partition coefficient (Wildman–Crippen LogP) is 3.89. The van der Waals surface area contributed by atoms with E-state index in [0.717, 1.165) is 23.1 Å². The molecular weight excluding hydrogens is 581 g/mol. The van der Waals surface area contributed by atoms with Crippen molar-refractivity contribution in [3.8, 4) is 16.9 Å². The molecule has 224 valence electrons. The van der Waals surface area contributed by atoms with Crippen LogP contribution in [0.5, 0.6) is 5.75 Å². The van der Waals surface area contributed by atoms with Crippen molar-refractivity contribution < 1.29 is 41.1 Å². The highest BCUT2D eigenvalue weighted by atomic mass is 19.4. The van der Waals surface area contributed by atoms with Crippen LogP contribution in [0, 0.1) is 5.82 Å². The smallest absolute Gasteiger partial charge is 0.403 e. The molecule has 43 heavy (non-hydrogen) atoms. The Morgan fingerprint density at radius 1 is 1.12 bits per heavy atom. The molecule has 3 N–H and O–H groups in total. The number of halogens is 5. The lowest BCUT2D eigenvalue weighted by Gasteiger charge is -2.24. The Balaban J connectivity index is 1.38. The second-order valence-electron chi connectivity index (χ2n) is 9.67. The van der Waals surface area contributed by atoms with Gasteiger partial charge in [-0.25, -0.2) is 18.7 Å². The number of hydrogen-bond donors (Lipinski definition) is 2. The van der Waals surface area contributed by atoms with Crippen LogP contribution in [-0.4, -0.2) is 67.4 Å². The van der Waals surface area contributed by atoms with Crippen molar-refractivity contribution in [1.82, 2.24) is 24.6 Å². The van der Waals surface area contributed by atoms with Gasteiger partial charge >= 0.3 is 6.36 Å². The van der Waals surface area contributed by atoms with Crippen LogP contribution in [0.15, 0.2) is 48.8 Å². The van der Waals surface area contributed by atoms with E-state index in [1.54, 1.807) is 18.2 Å². The van der Waals surface area contributed by atoms with E-state index in [4.69, 9.17) is 5.73 Å². The Morgan fingerprint density at radius 3 is 2.51 bits per heavy atom. The van der Waals surface area contributed by atoms with Gasteiger partial charge < -0.3 is 20.7 Å². The molecule has 0 spiro atoms. The minimum absolute atomic E-state index is 0.0662. The fraction of sp³-hybridized carbons (Fsp3) is 0.259. The Morgan fingerprint density at radius 2 is 1.84 bits per heavy atom. The molecule has 0 radical (unpaired) electrons. The number of benzene rings is 2. The number of ether oxygens (including phenoxy) is 1. The third-order valence-electron chi connectivity index (χ3n) is 6.69. The molecule has 0 saturated carbocycles. The first kappa shape index (κ1) is 29.3. The van der Waals surface area contributed by atoms with Crippen LogP contribution >= 0.6 is 0 Å². The van der Waals surface area contributed by atoms with Crippen LogP contribution in [0.3, 0.4) is 0 Å². The van der Waals surface area contributed by atoms with Gasteiger partial charge in [0.25, 0.3) is 0 Å². The lowest BCUT2D eigenvalue weighted by Crippen LogP contribution is -2.44. The van der Waals surface area contributed by atoms with E-state index in [1.807, 2.05) is 0 Å². The molecule has 11 nitrogen and oxygen atoms in total. The second-order valence-corrected chi connectivity index (χ2v) is 9.67. The zero-order chi connectivity index (χ0) is 31.1. The van der Waals surface area contributed by atoms with Gasteiger partial charge in [-0.3, -0.25) is 19.1 Å². The van der Waals surface area contributed by atoms with Crippen LogP contribution in [0.1, 0.15) is 23.8 Å². The van der Waals surface area contributed by atoms with E-state index < -0.39 is 67.2 Å². The van der Waals surface area contributed by atoms with Crippen LogP contribution in [0.4, 0.5) is 33.6 Å². The largest absolute Gasteiger partial charge is 0.573 e. The normalized spacial score (nSPS) is 16.8. The van der Waals surface area contributed by atoms with Gasteiger partial charge in [0.1, 0.15) is 24.5 Å². The van der Waals surface area contributed by atoms with Gasteiger partial charge in [0.05, 0.1) is 17.7 Å². The van der Waals surface area contributed by atoms with Crippen LogP contribution in [0.25, 0.3) is 22.0 Å². The Bertz CT molecular complexity index is 1730. The van der Waals surface area contributed by atoms with E-state index in [2.05, 4.69) is 25.1 Å². The van der Waals surface area contributed by atoms with Crippen LogP contribution in [-0.2, 0) is 16.1 Å². The molecule has 1 aliphatic heterocycles. The molecule has 2 aromatic heterocycles. The number of nitrogens with two attached hydrogens (primary N) is 1. The van der Waals surface area contributed by atoms with Gasteiger partial charge in [0.15, 0.2) is 17.3 Å². The highest BCUT2D eigenvalue weighted by Crippen LogP contribution is 2.31. The Hall–Kier alpha value is -5.15. The summed E-state index contributed by atoms with van der Waals surface area (Å²) in [5.74, 6) is -4.72. The molecule has 1 saturated heterocycles. The summed E-state index contributed by atoms with van der Waals surface area (Å²) < 4.78 is 71.7. The number of rotatable bonds is 7. The van der Waals surface area contributed by atoms with E-state index in [-0.39, 0.29) is 17.4 Å². The average molecular weight is 604 g/mol. The molecule has 4 aromatic rings. The van der Waals surface area contributed by atoms with Gasteiger partial charge in [-0.1, -0.05) is 12.1 Å². The second kappa shape index (κ2) is 11.3. The Kier molecular flexibility index (Phi) is 7.69. The summed E-state index contributed by atoms with van der Waals surface area (Å²) in [4.78, 5) is 47.5. The van der Waals surface area contributed by atoms with Crippen LogP contribution in [0.2, 0.25) is 0 Å². The number of anilines is 2. The minimum atomic E-state index is -5.18. The standard InChI is InChI=1S/C27H22F5N7O4/c1-13(40)24-17-7-14(15-9-34-26(33)35-10-15)5-6-19(17)39(37-24)12-22(41)38-11-16(28)8-20(38)25(42)36-18-3-2-4-21(23(18)29)43-27(30,31)32/h2-7,9-10,16,20H,8,11-12H2,1H3,(H,36,42)(H2,33,34,35)/t16-,20+/m1/s1. The predicted molar refractivity (Wildman–Crippen MR) is 142 cm³/mol. The topological polar surface area (TPSA) is 145 Å². The summed E-state index contributed by atoms with van der Waals surface area (Å²) in [6.07, 6.45) is -4.20. The quantitative estimate of drug-likeness (QED) is 0.239. The summed E-state index contributed by atoms with van der Waals surface area (Å²) in [6.45, 7) is 0.361. The molecule has 3 heterocycles. The van der Waals surface area contributed by atoms with Gasteiger partial charge in [-0.15, -0.1) is 13.2 Å². The SMILES string of the molecule is CC(=O)c1nn(CC(=O)N2C[C@H](F)C[C@H]2C(=O)Nc2cccc(OC(F)(F)F)c2F)c2ccc(-c3cnc(N)nc3)cc12. The third kappa shape index (κ3) is 6.22. The molecular formula is C27H22F5N7O4. The van der Waals surface area contributed by atoms with Gasteiger partial charge in [-0.05, 0) is 29.8 Å². The molecule has 2 atom stereocenters. The summed E-state index contributed by atoms with van der Waals surface area (Å²) in [5.41, 5.74) is 6.63. The fourth-order valence-corrected chi connectivity index (χ4v) is 4.78. The van der Waals surface area contributed by atoms with Crippen molar-refractivity contribution in [3.63, 3.8) is 0 Å². The van der Waals surface area contributed by atoms with Crippen molar-refractivity contribution in [3.05, 3.63) is 60.3 Å².